The van der Waals surface area contributed by atoms with Crippen molar-refractivity contribution < 1.29 is 1.43 Å². The van der Waals surface area contributed by atoms with Gasteiger partial charge in [0.25, 0.3) is 0 Å². The Bertz CT molecular complexity index is 64.6. The van der Waals surface area contributed by atoms with Gasteiger partial charge in [-0.25, -0.2) is 0 Å². The summed E-state index contributed by atoms with van der Waals surface area (Å²) in [6.45, 7) is 6.18. The Labute approximate surface area is 70.0 Å². The summed E-state index contributed by atoms with van der Waals surface area (Å²) < 4.78 is 0. The van der Waals surface area contributed by atoms with Gasteiger partial charge in [-0.05, 0) is 32.5 Å². The first-order valence-electron chi connectivity index (χ1n) is 3.66. The third-order valence-corrected chi connectivity index (χ3v) is 1.90. The SMILES string of the molecule is CCN1CCCCC1.[AlH3].[HH]. The van der Waals surface area contributed by atoms with E-state index in [1.54, 1.807) is 0 Å². The van der Waals surface area contributed by atoms with Gasteiger partial charge in [0.1, 0.15) is 0 Å². The van der Waals surface area contributed by atoms with Gasteiger partial charge >= 0.3 is 0 Å². The van der Waals surface area contributed by atoms with E-state index in [9.17, 15) is 0 Å². The topological polar surface area (TPSA) is 3.24 Å². The van der Waals surface area contributed by atoms with Gasteiger partial charge in [0.2, 0.25) is 0 Å². The highest BCUT2D eigenvalue weighted by molar-refractivity contribution is 5.75. The Morgan fingerprint density at radius 2 is 1.78 bits per heavy atom. The molecule has 1 heterocycles. The lowest BCUT2D eigenvalue weighted by Gasteiger charge is -2.24. The van der Waals surface area contributed by atoms with Crippen molar-refractivity contribution in [3.63, 3.8) is 0 Å². The van der Waals surface area contributed by atoms with E-state index in [4.69, 9.17) is 0 Å². The van der Waals surface area contributed by atoms with Crippen LogP contribution in [-0.2, 0) is 0 Å². The molecule has 9 heavy (non-hydrogen) atoms. The Balaban J connectivity index is 0. The van der Waals surface area contributed by atoms with Crippen LogP contribution in [0.3, 0.4) is 0 Å². The highest BCUT2D eigenvalue weighted by Crippen LogP contribution is 2.06. The van der Waals surface area contributed by atoms with Crippen LogP contribution in [0.25, 0.3) is 0 Å². The third kappa shape index (κ3) is 3.25. The molecule has 0 bridgehead atoms. The maximum atomic E-state index is 2.52. The van der Waals surface area contributed by atoms with E-state index in [-0.39, 0.29) is 18.8 Å². The summed E-state index contributed by atoms with van der Waals surface area (Å²) in [5, 5.41) is 0. The average molecular weight is 145 g/mol. The fourth-order valence-corrected chi connectivity index (χ4v) is 1.28. The van der Waals surface area contributed by atoms with Crippen LogP contribution in [0.1, 0.15) is 27.6 Å². The van der Waals surface area contributed by atoms with Crippen LogP contribution in [0.5, 0.6) is 0 Å². The van der Waals surface area contributed by atoms with Crippen molar-refractivity contribution in [1.29, 1.82) is 0 Å². The van der Waals surface area contributed by atoms with Gasteiger partial charge in [0.15, 0.2) is 17.4 Å². The summed E-state index contributed by atoms with van der Waals surface area (Å²) in [6, 6.07) is 0. The molecule has 1 fully saturated rings. The van der Waals surface area contributed by atoms with Crippen molar-refractivity contribution in [2.24, 2.45) is 0 Å². The van der Waals surface area contributed by atoms with Crippen LogP contribution in [0.2, 0.25) is 0 Å². The minimum Gasteiger partial charge on any atom is -0.304 e. The van der Waals surface area contributed by atoms with Crippen molar-refractivity contribution in [1.82, 2.24) is 4.90 Å². The molecule has 0 saturated carbocycles. The van der Waals surface area contributed by atoms with Crippen LogP contribution in [-0.4, -0.2) is 41.9 Å². The predicted octanol–water partition coefficient (Wildman–Crippen LogP) is 0.554. The van der Waals surface area contributed by atoms with Gasteiger partial charge in [-0.15, -0.1) is 0 Å². The fraction of sp³-hybridized carbons (Fsp3) is 1.00. The second-order valence-corrected chi connectivity index (χ2v) is 2.49. The second-order valence-electron chi connectivity index (χ2n) is 2.49. The van der Waals surface area contributed by atoms with E-state index >= 15 is 0 Å². The van der Waals surface area contributed by atoms with Gasteiger partial charge in [-0.3, -0.25) is 0 Å². The van der Waals surface area contributed by atoms with E-state index in [1.165, 1.54) is 38.9 Å². The number of hydrogen-bond donors (Lipinski definition) is 0. The molecule has 0 atom stereocenters. The molecular weight excluding hydrogens is 125 g/mol. The van der Waals surface area contributed by atoms with E-state index in [0.29, 0.717) is 0 Å². The molecule has 2 heteroatoms. The first-order chi connectivity index (χ1) is 3.93. The van der Waals surface area contributed by atoms with Crippen molar-refractivity contribution in [3.8, 4) is 0 Å². The molecule has 0 unspecified atom stereocenters. The van der Waals surface area contributed by atoms with E-state index < -0.39 is 0 Å². The molecule has 1 nitrogen and oxygen atoms in total. The van der Waals surface area contributed by atoms with Crippen LogP contribution in [0.4, 0.5) is 0 Å². The molecule has 1 saturated heterocycles. The summed E-state index contributed by atoms with van der Waals surface area (Å²) in [4.78, 5) is 2.52. The zero-order valence-corrected chi connectivity index (χ0v) is 5.69. The molecule has 0 aromatic heterocycles. The Kier molecular flexibility index (Phi) is 5.58. The normalized spacial score (nSPS) is 21.0. The van der Waals surface area contributed by atoms with Crippen LogP contribution in [0, 0.1) is 0 Å². The largest absolute Gasteiger partial charge is 0.304 e. The molecule has 0 aromatic rings. The summed E-state index contributed by atoms with van der Waals surface area (Å²) >= 11 is 0. The van der Waals surface area contributed by atoms with Gasteiger partial charge in [-0.1, -0.05) is 13.3 Å². The van der Waals surface area contributed by atoms with E-state index in [0.717, 1.165) is 0 Å². The minimum atomic E-state index is 0. The molecule has 1 aliphatic heterocycles. The van der Waals surface area contributed by atoms with Crippen molar-refractivity contribution in [2.75, 3.05) is 19.6 Å². The number of rotatable bonds is 1. The van der Waals surface area contributed by atoms with Crippen molar-refractivity contribution in [2.45, 2.75) is 26.2 Å². The second kappa shape index (κ2) is 5.29. The molecule has 1 aliphatic rings. The smallest absolute Gasteiger partial charge is 0.187 e. The molecule has 0 aliphatic carbocycles. The zero-order chi connectivity index (χ0) is 5.82. The predicted molar refractivity (Wildman–Crippen MR) is 48.0 cm³/mol. The van der Waals surface area contributed by atoms with Gasteiger partial charge in [0.05, 0.1) is 0 Å². The Hall–Kier alpha value is 0.492. The molecule has 0 N–H and O–H groups in total. The molecule has 1 rings (SSSR count). The minimum absolute atomic E-state index is 0. The summed E-state index contributed by atoms with van der Waals surface area (Å²) in [7, 11) is 0. The Morgan fingerprint density at radius 1 is 1.22 bits per heavy atom. The molecule has 0 amide bonds. The zero-order valence-electron chi connectivity index (χ0n) is 5.69. The standard InChI is InChI=1S/C7H15N.Al.H2.3H/c1-2-8-6-4-3-5-7-8;;;;;/h2-7H2,1H3;;1H;;;. The maximum absolute atomic E-state index is 2.52. The monoisotopic (exact) mass is 145 g/mol. The first kappa shape index (κ1) is 9.49. The first-order valence-corrected chi connectivity index (χ1v) is 3.66. The maximum Gasteiger partial charge on any atom is 0.187 e. The quantitative estimate of drug-likeness (QED) is 0.487. The molecule has 0 aromatic carbocycles. The third-order valence-electron chi connectivity index (χ3n) is 1.90. The van der Waals surface area contributed by atoms with Crippen LogP contribution >= 0.6 is 0 Å². The van der Waals surface area contributed by atoms with Gasteiger partial charge < -0.3 is 4.90 Å². The summed E-state index contributed by atoms with van der Waals surface area (Å²) in [6.07, 6.45) is 4.30. The Morgan fingerprint density at radius 3 is 2.11 bits per heavy atom. The molecule has 0 radical (unpaired) electrons. The fourth-order valence-electron chi connectivity index (χ4n) is 1.28. The summed E-state index contributed by atoms with van der Waals surface area (Å²) in [5.74, 6) is 0. The van der Waals surface area contributed by atoms with E-state index in [2.05, 4.69) is 11.8 Å². The van der Waals surface area contributed by atoms with Crippen molar-refractivity contribution >= 4 is 17.4 Å². The lowest BCUT2D eigenvalue weighted by Crippen LogP contribution is -2.29. The molecular formula is C7H20AlN. The highest BCUT2D eigenvalue weighted by Gasteiger charge is 2.05. The number of likely N-dealkylation sites (tertiary alicyclic amines) is 1. The van der Waals surface area contributed by atoms with Crippen molar-refractivity contribution in [3.05, 3.63) is 0 Å². The van der Waals surface area contributed by atoms with Gasteiger partial charge in [0, 0.05) is 1.43 Å². The number of hydrogen-bond acceptors (Lipinski definition) is 1. The van der Waals surface area contributed by atoms with Crippen LogP contribution in [0.15, 0.2) is 0 Å². The molecule has 0 spiro atoms. The summed E-state index contributed by atoms with van der Waals surface area (Å²) in [5.41, 5.74) is 0. The number of piperidine rings is 1. The van der Waals surface area contributed by atoms with E-state index in [1.807, 2.05) is 0 Å². The average Bonchev–Trinajstić information content (AvgIpc) is 1.90. The highest BCUT2D eigenvalue weighted by atomic mass is 27.0. The van der Waals surface area contributed by atoms with Crippen LogP contribution < -0.4 is 0 Å². The lowest BCUT2D eigenvalue weighted by molar-refractivity contribution is 0.240. The number of nitrogens with zero attached hydrogens (tertiary/aromatic N) is 1. The molecule has 56 valence electrons. The lowest BCUT2D eigenvalue weighted by atomic mass is 10.1. The van der Waals surface area contributed by atoms with Gasteiger partial charge in [-0.2, -0.15) is 0 Å².